The largest absolute Gasteiger partial charge is 0.323 e. The lowest BCUT2D eigenvalue weighted by molar-refractivity contribution is 0.245. The highest BCUT2D eigenvalue weighted by molar-refractivity contribution is 5.00. The molecule has 96 valence electrons. The van der Waals surface area contributed by atoms with Gasteiger partial charge in [0.1, 0.15) is 0 Å². The van der Waals surface area contributed by atoms with Gasteiger partial charge in [-0.15, -0.1) is 5.10 Å². The maximum absolute atomic E-state index is 5.97. The van der Waals surface area contributed by atoms with Crippen molar-refractivity contribution in [3.63, 3.8) is 0 Å². The van der Waals surface area contributed by atoms with E-state index in [1.165, 1.54) is 32.1 Å². The molecular weight excluding hydrogens is 212 g/mol. The molecule has 1 fully saturated rings. The molecule has 4 nitrogen and oxygen atoms in total. The molecule has 0 amide bonds. The lowest BCUT2D eigenvalue weighted by Crippen LogP contribution is -2.19. The molecule has 0 aliphatic heterocycles. The van der Waals surface area contributed by atoms with Gasteiger partial charge in [0.05, 0.1) is 24.0 Å². The third kappa shape index (κ3) is 2.86. The van der Waals surface area contributed by atoms with E-state index in [1.54, 1.807) is 0 Å². The van der Waals surface area contributed by atoms with Gasteiger partial charge in [-0.2, -0.15) is 0 Å². The summed E-state index contributed by atoms with van der Waals surface area (Å²) in [6, 6.07) is 0.577. The van der Waals surface area contributed by atoms with Crippen molar-refractivity contribution >= 4 is 0 Å². The summed E-state index contributed by atoms with van der Waals surface area (Å²) in [5.41, 5.74) is 6.91. The standard InChI is InChI=1S/C13H24N4/c1-3-10-6-5-7-11(8-10)17-9-13(15-16-17)12(14)4-2/h9-12H,3-8,14H2,1-2H3. The van der Waals surface area contributed by atoms with Gasteiger partial charge in [-0.1, -0.05) is 38.3 Å². The Morgan fingerprint density at radius 1 is 1.47 bits per heavy atom. The molecule has 1 aromatic rings. The number of aromatic nitrogens is 3. The summed E-state index contributed by atoms with van der Waals surface area (Å²) < 4.78 is 2.05. The Morgan fingerprint density at radius 3 is 3.00 bits per heavy atom. The van der Waals surface area contributed by atoms with Crippen LogP contribution in [0.15, 0.2) is 6.20 Å². The summed E-state index contributed by atoms with van der Waals surface area (Å²) >= 11 is 0. The quantitative estimate of drug-likeness (QED) is 0.874. The zero-order valence-electron chi connectivity index (χ0n) is 11.0. The normalized spacial score (nSPS) is 27.0. The third-order valence-corrected chi connectivity index (χ3v) is 4.05. The molecule has 1 aliphatic carbocycles. The van der Waals surface area contributed by atoms with E-state index in [4.69, 9.17) is 5.73 Å². The molecule has 1 aliphatic rings. The molecule has 4 heteroatoms. The van der Waals surface area contributed by atoms with Gasteiger partial charge >= 0.3 is 0 Å². The Labute approximate surface area is 104 Å². The first-order valence-electron chi connectivity index (χ1n) is 6.91. The van der Waals surface area contributed by atoms with Gasteiger partial charge in [-0.25, -0.2) is 4.68 Å². The fourth-order valence-electron chi connectivity index (χ4n) is 2.72. The summed E-state index contributed by atoms with van der Waals surface area (Å²) in [4.78, 5) is 0. The average molecular weight is 236 g/mol. The molecule has 1 saturated carbocycles. The van der Waals surface area contributed by atoms with E-state index in [9.17, 15) is 0 Å². The highest BCUT2D eigenvalue weighted by Gasteiger charge is 2.23. The zero-order valence-corrected chi connectivity index (χ0v) is 11.0. The summed E-state index contributed by atoms with van der Waals surface area (Å²) in [5, 5.41) is 8.47. The van der Waals surface area contributed by atoms with Gasteiger partial charge in [0.2, 0.25) is 0 Å². The van der Waals surface area contributed by atoms with E-state index in [-0.39, 0.29) is 6.04 Å². The fraction of sp³-hybridized carbons (Fsp3) is 0.846. The van der Waals surface area contributed by atoms with Crippen molar-refractivity contribution in [1.29, 1.82) is 0 Å². The molecule has 17 heavy (non-hydrogen) atoms. The van der Waals surface area contributed by atoms with Crippen LogP contribution < -0.4 is 5.73 Å². The monoisotopic (exact) mass is 236 g/mol. The van der Waals surface area contributed by atoms with E-state index in [2.05, 4.69) is 30.4 Å². The van der Waals surface area contributed by atoms with Gasteiger partial charge in [0.15, 0.2) is 0 Å². The van der Waals surface area contributed by atoms with Crippen LogP contribution in [-0.2, 0) is 0 Å². The van der Waals surface area contributed by atoms with Gasteiger partial charge in [0.25, 0.3) is 0 Å². The first-order valence-corrected chi connectivity index (χ1v) is 6.91. The topological polar surface area (TPSA) is 56.7 Å². The first kappa shape index (κ1) is 12.6. The molecule has 0 saturated heterocycles. The highest BCUT2D eigenvalue weighted by atomic mass is 15.4. The van der Waals surface area contributed by atoms with Crippen molar-refractivity contribution in [2.45, 2.75) is 64.5 Å². The lowest BCUT2D eigenvalue weighted by atomic mass is 9.84. The Hall–Kier alpha value is -0.900. The fourth-order valence-corrected chi connectivity index (χ4v) is 2.72. The average Bonchev–Trinajstić information content (AvgIpc) is 2.87. The minimum atomic E-state index is 0.0364. The molecule has 2 N–H and O–H groups in total. The summed E-state index contributed by atoms with van der Waals surface area (Å²) in [7, 11) is 0. The minimum Gasteiger partial charge on any atom is -0.323 e. The minimum absolute atomic E-state index is 0.0364. The number of nitrogens with zero attached hydrogens (tertiary/aromatic N) is 3. The van der Waals surface area contributed by atoms with E-state index in [1.807, 2.05) is 4.68 Å². The van der Waals surface area contributed by atoms with Crippen molar-refractivity contribution in [2.75, 3.05) is 0 Å². The van der Waals surface area contributed by atoms with Crippen LogP contribution in [0.5, 0.6) is 0 Å². The summed E-state index contributed by atoms with van der Waals surface area (Å²) in [6.07, 6.45) is 9.44. The van der Waals surface area contributed by atoms with Crippen LogP contribution in [0.25, 0.3) is 0 Å². The van der Waals surface area contributed by atoms with Crippen molar-refractivity contribution in [2.24, 2.45) is 11.7 Å². The van der Waals surface area contributed by atoms with Crippen LogP contribution in [0.4, 0.5) is 0 Å². The SMILES string of the molecule is CCC1CCCC(n2cc(C(N)CC)nn2)C1. The van der Waals surface area contributed by atoms with Crippen LogP contribution in [0, 0.1) is 5.92 Å². The van der Waals surface area contributed by atoms with Crippen LogP contribution in [0.3, 0.4) is 0 Å². The Bertz CT molecular complexity index is 347. The number of hydrogen-bond acceptors (Lipinski definition) is 3. The zero-order chi connectivity index (χ0) is 12.3. The van der Waals surface area contributed by atoms with E-state index < -0.39 is 0 Å². The predicted molar refractivity (Wildman–Crippen MR) is 68.5 cm³/mol. The number of hydrogen-bond donors (Lipinski definition) is 1. The maximum atomic E-state index is 5.97. The van der Waals surface area contributed by atoms with E-state index in [0.29, 0.717) is 6.04 Å². The van der Waals surface area contributed by atoms with Gasteiger partial charge < -0.3 is 5.73 Å². The molecule has 2 rings (SSSR count). The highest BCUT2D eigenvalue weighted by Crippen LogP contribution is 2.33. The molecule has 1 aromatic heterocycles. The molecule has 1 heterocycles. The smallest absolute Gasteiger partial charge is 0.0994 e. The summed E-state index contributed by atoms with van der Waals surface area (Å²) in [6.45, 7) is 4.37. The molecule has 3 atom stereocenters. The second kappa shape index (κ2) is 5.63. The van der Waals surface area contributed by atoms with Crippen LogP contribution in [-0.4, -0.2) is 15.0 Å². The van der Waals surface area contributed by atoms with E-state index >= 15 is 0 Å². The third-order valence-electron chi connectivity index (χ3n) is 4.05. The van der Waals surface area contributed by atoms with Crippen LogP contribution in [0.1, 0.15) is 70.2 Å². The molecular formula is C13H24N4. The van der Waals surface area contributed by atoms with Crippen molar-refractivity contribution in [3.8, 4) is 0 Å². The molecule has 3 unspecified atom stereocenters. The first-order chi connectivity index (χ1) is 8.24. The second-order valence-electron chi connectivity index (χ2n) is 5.23. The lowest BCUT2D eigenvalue weighted by Gasteiger charge is -2.28. The Kier molecular flexibility index (Phi) is 4.15. The van der Waals surface area contributed by atoms with Crippen molar-refractivity contribution < 1.29 is 0 Å². The molecule has 0 aromatic carbocycles. The second-order valence-corrected chi connectivity index (χ2v) is 5.23. The number of nitrogens with two attached hydrogens (primary N) is 1. The van der Waals surface area contributed by atoms with Gasteiger partial charge in [0, 0.05) is 0 Å². The predicted octanol–water partition coefficient (Wildman–Crippen LogP) is 2.83. The van der Waals surface area contributed by atoms with Gasteiger partial charge in [-0.3, -0.25) is 0 Å². The van der Waals surface area contributed by atoms with Crippen molar-refractivity contribution in [1.82, 2.24) is 15.0 Å². The van der Waals surface area contributed by atoms with E-state index in [0.717, 1.165) is 18.0 Å². The van der Waals surface area contributed by atoms with Crippen LogP contribution in [0.2, 0.25) is 0 Å². The molecule has 0 bridgehead atoms. The number of rotatable bonds is 4. The maximum Gasteiger partial charge on any atom is 0.0994 e. The molecule has 0 spiro atoms. The van der Waals surface area contributed by atoms with Crippen molar-refractivity contribution in [3.05, 3.63) is 11.9 Å². The van der Waals surface area contributed by atoms with Crippen LogP contribution >= 0.6 is 0 Å². The Balaban J connectivity index is 2.04. The summed E-state index contributed by atoms with van der Waals surface area (Å²) in [5.74, 6) is 0.862. The van der Waals surface area contributed by atoms with Gasteiger partial charge in [-0.05, 0) is 25.2 Å². The molecule has 0 radical (unpaired) electrons. The Morgan fingerprint density at radius 2 is 2.29 bits per heavy atom.